The first-order valence-electron chi connectivity index (χ1n) is 5.99. The molecule has 8 heteroatoms. The number of nitriles is 1. The van der Waals surface area contributed by atoms with Crippen LogP contribution in [0.5, 0.6) is 0 Å². The molecule has 0 bridgehead atoms. The highest BCUT2D eigenvalue weighted by Crippen LogP contribution is 2.22. The third-order valence-electron chi connectivity index (χ3n) is 3.12. The van der Waals surface area contributed by atoms with Crippen LogP contribution in [0, 0.1) is 11.3 Å². The second-order valence-corrected chi connectivity index (χ2v) is 6.20. The fraction of sp³-hybridized carbons (Fsp3) is 0.333. The standard InChI is InChI=1S/C12H14N4O3S/c13-7-9-3-1-2-4-11(9)20(18,19)16-6-5-15-8-10(16)12(14)17/h1-4,10,15H,5-6,8H2,(H2,14,17). The van der Waals surface area contributed by atoms with Gasteiger partial charge in [-0.2, -0.15) is 9.57 Å². The first-order valence-corrected chi connectivity index (χ1v) is 7.43. The first kappa shape index (κ1) is 14.5. The summed E-state index contributed by atoms with van der Waals surface area (Å²) in [6.45, 7) is 0.733. The molecule has 0 aromatic heterocycles. The van der Waals surface area contributed by atoms with Crippen molar-refractivity contribution in [1.82, 2.24) is 9.62 Å². The molecule has 20 heavy (non-hydrogen) atoms. The zero-order valence-corrected chi connectivity index (χ0v) is 11.4. The summed E-state index contributed by atoms with van der Waals surface area (Å²) in [5.41, 5.74) is 5.30. The monoisotopic (exact) mass is 294 g/mol. The summed E-state index contributed by atoms with van der Waals surface area (Å²) >= 11 is 0. The molecule has 2 rings (SSSR count). The van der Waals surface area contributed by atoms with Crippen molar-refractivity contribution in [3.05, 3.63) is 29.8 Å². The average molecular weight is 294 g/mol. The minimum absolute atomic E-state index is 0.0502. The van der Waals surface area contributed by atoms with Gasteiger partial charge in [0.05, 0.1) is 10.5 Å². The highest BCUT2D eigenvalue weighted by atomic mass is 32.2. The number of piperazine rings is 1. The summed E-state index contributed by atoms with van der Waals surface area (Å²) in [6, 6.07) is 6.80. The number of amides is 1. The van der Waals surface area contributed by atoms with Crippen molar-refractivity contribution in [2.45, 2.75) is 10.9 Å². The van der Waals surface area contributed by atoms with Gasteiger partial charge < -0.3 is 11.1 Å². The first-order chi connectivity index (χ1) is 9.48. The molecule has 1 saturated heterocycles. The van der Waals surface area contributed by atoms with E-state index in [1.807, 2.05) is 6.07 Å². The molecule has 106 valence electrons. The van der Waals surface area contributed by atoms with Gasteiger partial charge in [-0.05, 0) is 12.1 Å². The zero-order chi connectivity index (χ0) is 14.8. The van der Waals surface area contributed by atoms with E-state index < -0.39 is 22.0 Å². The highest BCUT2D eigenvalue weighted by molar-refractivity contribution is 7.89. The number of carbonyl (C=O) groups is 1. The van der Waals surface area contributed by atoms with Gasteiger partial charge in [0.15, 0.2) is 0 Å². The van der Waals surface area contributed by atoms with Crippen molar-refractivity contribution >= 4 is 15.9 Å². The van der Waals surface area contributed by atoms with E-state index in [2.05, 4.69) is 5.32 Å². The van der Waals surface area contributed by atoms with Crippen molar-refractivity contribution in [2.75, 3.05) is 19.6 Å². The van der Waals surface area contributed by atoms with E-state index in [1.54, 1.807) is 6.07 Å². The van der Waals surface area contributed by atoms with Crippen LogP contribution in [0.3, 0.4) is 0 Å². The average Bonchev–Trinajstić information content (AvgIpc) is 2.47. The molecule has 1 unspecified atom stereocenters. The summed E-state index contributed by atoms with van der Waals surface area (Å²) < 4.78 is 26.3. The van der Waals surface area contributed by atoms with Gasteiger partial charge in [0.2, 0.25) is 15.9 Å². The molecule has 0 aliphatic carbocycles. The Morgan fingerprint density at radius 1 is 1.45 bits per heavy atom. The van der Waals surface area contributed by atoms with Crippen LogP contribution in [0.2, 0.25) is 0 Å². The Bertz CT molecular complexity index is 666. The Kier molecular flexibility index (Phi) is 4.04. The van der Waals surface area contributed by atoms with Crippen molar-refractivity contribution in [1.29, 1.82) is 5.26 Å². The van der Waals surface area contributed by atoms with E-state index >= 15 is 0 Å². The number of hydrogen-bond acceptors (Lipinski definition) is 5. The molecular formula is C12H14N4O3S. The van der Waals surface area contributed by atoms with E-state index in [9.17, 15) is 13.2 Å². The van der Waals surface area contributed by atoms with E-state index in [4.69, 9.17) is 11.0 Å². The molecule has 0 saturated carbocycles. The number of nitrogens with two attached hydrogens (primary N) is 1. The van der Waals surface area contributed by atoms with Gasteiger partial charge >= 0.3 is 0 Å². The number of sulfonamides is 1. The minimum Gasteiger partial charge on any atom is -0.368 e. The maximum absolute atomic E-state index is 12.6. The molecule has 0 spiro atoms. The van der Waals surface area contributed by atoms with Crippen molar-refractivity contribution < 1.29 is 13.2 Å². The lowest BCUT2D eigenvalue weighted by atomic mass is 10.2. The summed E-state index contributed by atoms with van der Waals surface area (Å²) in [5, 5.41) is 11.9. The van der Waals surface area contributed by atoms with E-state index in [0.29, 0.717) is 6.54 Å². The molecule has 1 heterocycles. The molecule has 1 aliphatic heterocycles. The Labute approximate surface area is 117 Å². The topological polar surface area (TPSA) is 116 Å². The maximum atomic E-state index is 12.6. The zero-order valence-electron chi connectivity index (χ0n) is 10.6. The molecular weight excluding hydrogens is 280 g/mol. The molecule has 0 radical (unpaired) electrons. The van der Waals surface area contributed by atoms with Crippen LogP contribution in [-0.4, -0.2) is 44.3 Å². The fourth-order valence-corrected chi connectivity index (χ4v) is 3.87. The van der Waals surface area contributed by atoms with Crippen LogP contribution in [0.25, 0.3) is 0 Å². The van der Waals surface area contributed by atoms with Gasteiger partial charge in [0, 0.05) is 19.6 Å². The quantitative estimate of drug-likeness (QED) is 0.742. The number of nitrogens with one attached hydrogen (secondary N) is 1. The Balaban J connectivity index is 2.48. The third-order valence-corrected chi connectivity index (χ3v) is 5.08. The van der Waals surface area contributed by atoms with Crippen LogP contribution in [0.1, 0.15) is 5.56 Å². The normalized spacial score (nSPS) is 20.2. The smallest absolute Gasteiger partial charge is 0.245 e. The number of hydrogen-bond donors (Lipinski definition) is 2. The van der Waals surface area contributed by atoms with Crippen LogP contribution in [0.15, 0.2) is 29.2 Å². The SMILES string of the molecule is N#Cc1ccccc1S(=O)(=O)N1CCNCC1C(N)=O. The molecule has 3 N–H and O–H groups in total. The minimum atomic E-state index is -3.93. The number of rotatable bonds is 3. The van der Waals surface area contributed by atoms with Crippen LogP contribution in [-0.2, 0) is 14.8 Å². The van der Waals surface area contributed by atoms with Gasteiger partial charge in [-0.15, -0.1) is 0 Å². The van der Waals surface area contributed by atoms with Crippen molar-refractivity contribution in [2.24, 2.45) is 5.73 Å². The highest BCUT2D eigenvalue weighted by Gasteiger charge is 2.37. The van der Waals surface area contributed by atoms with Gasteiger partial charge in [-0.25, -0.2) is 8.42 Å². The summed E-state index contributed by atoms with van der Waals surface area (Å²) in [5.74, 6) is -0.713. The van der Waals surface area contributed by atoms with E-state index in [0.717, 1.165) is 4.31 Å². The largest absolute Gasteiger partial charge is 0.368 e. The Morgan fingerprint density at radius 2 is 2.15 bits per heavy atom. The number of benzene rings is 1. The molecule has 7 nitrogen and oxygen atoms in total. The third kappa shape index (κ3) is 2.51. The summed E-state index contributed by atoms with van der Waals surface area (Å²) in [6.07, 6.45) is 0. The van der Waals surface area contributed by atoms with Crippen molar-refractivity contribution in [3.63, 3.8) is 0 Å². The molecule has 1 amide bonds. The maximum Gasteiger partial charge on any atom is 0.245 e. The second-order valence-electron chi connectivity index (χ2n) is 4.35. The number of primary amides is 1. The molecule has 1 atom stereocenters. The predicted molar refractivity (Wildman–Crippen MR) is 70.9 cm³/mol. The molecule has 1 aliphatic rings. The predicted octanol–water partition coefficient (Wildman–Crippen LogP) is -0.994. The lowest BCUT2D eigenvalue weighted by Gasteiger charge is -2.33. The van der Waals surface area contributed by atoms with E-state index in [-0.39, 0.29) is 23.5 Å². The van der Waals surface area contributed by atoms with Gasteiger partial charge in [-0.1, -0.05) is 12.1 Å². The Morgan fingerprint density at radius 3 is 2.80 bits per heavy atom. The second kappa shape index (κ2) is 5.58. The van der Waals surface area contributed by atoms with Crippen molar-refractivity contribution in [3.8, 4) is 6.07 Å². The van der Waals surface area contributed by atoms with Crippen LogP contribution in [0.4, 0.5) is 0 Å². The van der Waals surface area contributed by atoms with Gasteiger partial charge in [0.1, 0.15) is 12.1 Å². The molecule has 1 aromatic carbocycles. The number of carbonyl (C=O) groups excluding carboxylic acids is 1. The Hall–Kier alpha value is -1.95. The lowest BCUT2D eigenvalue weighted by molar-refractivity contribution is -0.122. The fourth-order valence-electron chi connectivity index (χ4n) is 2.13. The van der Waals surface area contributed by atoms with Crippen LogP contribution >= 0.6 is 0 Å². The lowest BCUT2D eigenvalue weighted by Crippen LogP contribution is -2.58. The van der Waals surface area contributed by atoms with Gasteiger partial charge in [-0.3, -0.25) is 4.79 Å². The molecule has 1 fully saturated rings. The molecule has 1 aromatic rings. The number of nitrogens with zero attached hydrogens (tertiary/aromatic N) is 2. The van der Waals surface area contributed by atoms with Crippen LogP contribution < -0.4 is 11.1 Å². The van der Waals surface area contributed by atoms with E-state index in [1.165, 1.54) is 18.2 Å². The van der Waals surface area contributed by atoms with Gasteiger partial charge in [0.25, 0.3) is 0 Å². The summed E-state index contributed by atoms with van der Waals surface area (Å²) in [7, 11) is -3.93. The summed E-state index contributed by atoms with van der Waals surface area (Å²) in [4.78, 5) is 11.3.